The van der Waals surface area contributed by atoms with E-state index in [0.29, 0.717) is 10.8 Å². The summed E-state index contributed by atoms with van der Waals surface area (Å²) in [4.78, 5) is 2.27. The molecule has 0 aromatic heterocycles. The first-order chi connectivity index (χ1) is 8.04. The van der Waals surface area contributed by atoms with Crippen molar-refractivity contribution in [3.8, 4) is 0 Å². The fraction of sp³-hybridized carbons (Fsp3) is 1.00. The van der Waals surface area contributed by atoms with Gasteiger partial charge in [-0.25, -0.2) is 0 Å². The molecule has 0 aliphatic heterocycles. The molecule has 0 aliphatic rings. The van der Waals surface area contributed by atoms with E-state index in [9.17, 15) is 0 Å². The summed E-state index contributed by atoms with van der Waals surface area (Å²) in [6.07, 6.45) is 2.54. The predicted molar refractivity (Wildman–Crippen MR) is 83.1 cm³/mol. The van der Waals surface area contributed by atoms with Gasteiger partial charge in [0.1, 0.15) is 0 Å². The zero-order valence-corrected chi connectivity index (χ0v) is 14.1. The molecular weight excluding hydrogens is 220 g/mol. The van der Waals surface area contributed by atoms with Gasteiger partial charge in [0.05, 0.1) is 0 Å². The van der Waals surface area contributed by atoms with E-state index in [1.54, 1.807) is 0 Å². The second kappa shape index (κ2) is 7.49. The molecule has 0 aliphatic carbocycles. The van der Waals surface area contributed by atoms with Crippen LogP contribution in [-0.2, 0) is 0 Å². The summed E-state index contributed by atoms with van der Waals surface area (Å²) in [6, 6.07) is 0. The first kappa shape index (κ1) is 17.9. The Bertz CT molecular complexity index is 214. The molecule has 0 spiro atoms. The number of hydrogen-bond acceptors (Lipinski definition) is 2. The van der Waals surface area contributed by atoms with Crippen LogP contribution in [0.1, 0.15) is 54.4 Å². The molecule has 0 radical (unpaired) electrons. The Labute approximate surface area is 116 Å². The van der Waals surface area contributed by atoms with Gasteiger partial charge in [-0.1, -0.05) is 41.5 Å². The van der Waals surface area contributed by atoms with Crippen molar-refractivity contribution in [3.63, 3.8) is 0 Å². The Hall–Kier alpha value is -0.0800. The summed E-state index contributed by atoms with van der Waals surface area (Å²) < 4.78 is 0. The first-order valence-corrected chi connectivity index (χ1v) is 7.40. The van der Waals surface area contributed by atoms with Crippen molar-refractivity contribution in [2.24, 2.45) is 16.7 Å². The highest BCUT2D eigenvalue weighted by atomic mass is 15.0. The van der Waals surface area contributed by atoms with Gasteiger partial charge < -0.3 is 10.2 Å². The van der Waals surface area contributed by atoms with Crippen molar-refractivity contribution in [1.82, 2.24) is 10.2 Å². The van der Waals surface area contributed by atoms with Gasteiger partial charge in [-0.15, -0.1) is 0 Å². The van der Waals surface area contributed by atoms with E-state index in [1.165, 1.54) is 19.4 Å². The lowest BCUT2D eigenvalue weighted by Crippen LogP contribution is -2.32. The summed E-state index contributed by atoms with van der Waals surface area (Å²) in [5.74, 6) is 0.724. The molecule has 0 saturated carbocycles. The highest BCUT2D eigenvalue weighted by molar-refractivity contribution is 4.74. The third kappa shape index (κ3) is 8.93. The molecule has 0 rings (SSSR count). The lowest BCUT2D eigenvalue weighted by molar-refractivity contribution is 0.233. The minimum Gasteiger partial charge on any atom is -0.316 e. The maximum atomic E-state index is 3.62. The molecule has 18 heavy (non-hydrogen) atoms. The van der Waals surface area contributed by atoms with Crippen LogP contribution in [0.4, 0.5) is 0 Å². The van der Waals surface area contributed by atoms with Gasteiger partial charge in [0.15, 0.2) is 0 Å². The zero-order valence-electron chi connectivity index (χ0n) is 14.1. The average molecular weight is 256 g/mol. The molecule has 0 aromatic rings. The van der Waals surface area contributed by atoms with Crippen molar-refractivity contribution in [3.05, 3.63) is 0 Å². The molecule has 0 saturated heterocycles. The predicted octanol–water partition coefficient (Wildman–Crippen LogP) is 3.63. The molecule has 0 bridgehead atoms. The fourth-order valence-electron chi connectivity index (χ4n) is 1.70. The summed E-state index contributed by atoms with van der Waals surface area (Å²) >= 11 is 0. The first-order valence-electron chi connectivity index (χ1n) is 7.40. The molecule has 1 unspecified atom stereocenters. The van der Waals surface area contributed by atoms with Crippen LogP contribution in [0.3, 0.4) is 0 Å². The average Bonchev–Trinajstić information content (AvgIpc) is 2.20. The third-order valence-corrected chi connectivity index (χ3v) is 4.14. The smallest absolute Gasteiger partial charge is 0.00182 e. The van der Waals surface area contributed by atoms with Crippen LogP contribution >= 0.6 is 0 Å². The molecule has 2 nitrogen and oxygen atoms in total. The molecule has 0 aromatic carbocycles. The lowest BCUT2D eigenvalue weighted by atomic mass is 9.82. The van der Waals surface area contributed by atoms with Gasteiger partial charge >= 0.3 is 0 Å². The van der Waals surface area contributed by atoms with Crippen LogP contribution in [0.5, 0.6) is 0 Å². The Morgan fingerprint density at radius 2 is 1.56 bits per heavy atom. The van der Waals surface area contributed by atoms with E-state index in [4.69, 9.17) is 0 Å². The van der Waals surface area contributed by atoms with Crippen molar-refractivity contribution in [1.29, 1.82) is 0 Å². The van der Waals surface area contributed by atoms with Crippen molar-refractivity contribution < 1.29 is 0 Å². The Balaban J connectivity index is 3.77. The summed E-state index contributed by atoms with van der Waals surface area (Å²) in [6.45, 7) is 17.5. The molecule has 2 heteroatoms. The maximum absolute atomic E-state index is 3.62. The van der Waals surface area contributed by atoms with E-state index in [2.05, 4.69) is 65.9 Å². The second-order valence-electron chi connectivity index (χ2n) is 7.94. The number of hydrogen-bond donors (Lipinski definition) is 1. The quantitative estimate of drug-likeness (QED) is 0.667. The Morgan fingerprint density at radius 3 is 2.00 bits per heavy atom. The van der Waals surface area contributed by atoms with Crippen LogP contribution in [0.15, 0.2) is 0 Å². The minimum absolute atomic E-state index is 0.410. The number of nitrogens with zero attached hydrogens (tertiary/aromatic N) is 1. The standard InChI is InChI=1S/C16H36N2/c1-14(15(2,3)4)13-17-11-9-16(5,6)10-12-18(7)8/h14,17H,9-13H2,1-8H3. The molecule has 1 N–H and O–H groups in total. The van der Waals surface area contributed by atoms with Crippen LogP contribution in [0.2, 0.25) is 0 Å². The monoisotopic (exact) mass is 256 g/mol. The van der Waals surface area contributed by atoms with Gasteiger partial charge in [0.25, 0.3) is 0 Å². The van der Waals surface area contributed by atoms with E-state index in [1.807, 2.05) is 0 Å². The van der Waals surface area contributed by atoms with Gasteiger partial charge in [-0.2, -0.15) is 0 Å². The molecule has 0 heterocycles. The highest BCUT2D eigenvalue weighted by Gasteiger charge is 2.20. The minimum atomic E-state index is 0.410. The number of rotatable bonds is 8. The Kier molecular flexibility index (Phi) is 7.46. The molecule has 110 valence electrons. The van der Waals surface area contributed by atoms with Crippen molar-refractivity contribution in [2.75, 3.05) is 33.7 Å². The number of nitrogens with one attached hydrogen (secondary N) is 1. The summed E-state index contributed by atoms with van der Waals surface area (Å²) in [5.41, 5.74) is 0.857. The largest absolute Gasteiger partial charge is 0.316 e. The summed E-state index contributed by atoms with van der Waals surface area (Å²) in [5, 5.41) is 3.62. The highest BCUT2D eigenvalue weighted by Crippen LogP contribution is 2.26. The van der Waals surface area contributed by atoms with E-state index in [0.717, 1.165) is 19.0 Å². The van der Waals surface area contributed by atoms with Crippen molar-refractivity contribution >= 4 is 0 Å². The zero-order chi connectivity index (χ0) is 14.4. The van der Waals surface area contributed by atoms with Gasteiger partial charge in [0, 0.05) is 0 Å². The van der Waals surface area contributed by atoms with Gasteiger partial charge in [0.2, 0.25) is 0 Å². The topological polar surface area (TPSA) is 15.3 Å². The van der Waals surface area contributed by atoms with Crippen LogP contribution in [0, 0.1) is 16.7 Å². The molecular formula is C16H36N2. The molecule has 0 amide bonds. The Morgan fingerprint density at radius 1 is 1.00 bits per heavy atom. The fourth-order valence-corrected chi connectivity index (χ4v) is 1.70. The van der Waals surface area contributed by atoms with Gasteiger partial charge in [-0.05, 0) is 63.3 Å². The molecule has 1 atom stereocenters. The molecule has 0 fully saturated rings. The lowest BCUT2D eigenvalue weighted by Gasteiger charge is -2.29. The van der Waals surface area contributed by atoms with Crippen LogP contribution in [-0.4, -0.2) is 38.6 Å². The normalized spacial score (nSPS) is 15.2. The third-order valence-electron chi connectivity index (χ3n) is 4.14. The SMILES string of the molecule is CC(CNCCC(C)(C)CCN(C)C)C(C)(C)C. The van der Waals surface area contributed by atoms with Crippen molar-refractivity contribution in [2.45, 2.75) is 54.4 Å². The van der Waals surface area contributed by atoms with Gasteiger partial charge in [-0.3, -0.25) is 0 Å². The summed E-state index contributed by atoms with van der Waals surface area (Å²) in [7, 11) is 4.30. The van der Waals surface area contributed by atoms with E-state index >= 15 is 0 Å². The van der Waals surface area contributed by atoms with Crippen LogP contribution < -0.4 is 5.32 Å². The van der Waals surface area contributed by atoms with E-state index < -0.39 is 0 Å². The second-order valence-corrected chi connectivity index (χ2v) is 7.94. The van der Waals surface area contributed by atoms with Crippen LogP contribution in [0.25, 0.3) is 0 Å². The maximum Gasteiger partial charge on any atom is -0.00182 e. The van der Waals surface area contributed by atoms with E-state index in [-0.39, 0.29) is 0 Å².